The highest BCUT2D eigenvalue weighted by atomic mass is 15.1. The van der Waals surface area contributed by atoms with Gasteiger partial charge in [-0.05, 0) is 137 Å². The quantitative estimate of drug-likeness (QED) is 0.141. The second-order valence-corrected chi connectivity index (χ2v) is 16.1. The Morgan fingerprint density at radius 3 is 1.19 bits per heavy atom. The second kappa shape index (κ2) is 16.7. The first-order chi connectivity index (χ1) is 31.2. The fraction of sp³-hybridized carbons (Fsp3) is 0. The Morgan fingerprint density at radius 2 is 0.603 bits per heavy atom. The summed E-state index contributed by atoms with van der Waals surface area (Å²) in [4.78, 5) is 2.37. The third-order valence-electron chi connectivity index (χ3n) is 12.3. The van der Waals surface area contributed by atoms with Crippen LogP contribution in [0.2, 0.25) is 0 Å². The Hall–Kier alpha value is -8.26. The SMILES string of the molecule is c1ccc(-c2ccc(-c3ccc(N(c4ccc(-c5ccc6ccccc6c5)cc4)c4ccc(-c5c(-c6ccccc6)ccc6ccccc56)cc4)cc3)cc2-c2ccccc2)cc1. The summed E-state index contributed by atoms with van der Waals surface area (Å²) in [7, 11) is 0. The Labute approximate surface area is 369 Å². The maximum Gasteiger partial charge on any atom is 0.0462 e. The molecule has 1 nitrogen and oxygen atoms in total. The van der Waals surface area contributed by atoms with Gasteiger partial charge in [0, 0.05) is 17.1 Å². The van der Waals surface area contributed by atoms with Crippen molar-refractivity contribution in [1.29, 1.82) is 0 Å². The van der Waals surface area contributed by atoms with E-state index in [0.29, 0.717) is 0 Å². The zero-order chi connectivity index (χ0) is 42.0. The minimum absolute atomic E-state index is 1.09. The molecule has 0 N–H and O–H groups in total. The van der Waals surface area contributed by atoms with Gasteiger partial charge in [-0.15, -0.1) is 0 Å². The molecule has 1 heteroatoms. The summed E-state index contributed by atoms with van der Waals surface area (Å²) in [6, 6.07) is 94.6. The standard InChI is InChI=1S/C62H43N/c1-4-15-47(16-5-1)58-40-33-54(43-61(58)49-19-8-3-9-20-49)46-28-36-56(37-29-46)63(55-34-26-45(27-35-55)53-25-24-44-14-10-11-22-52(44)42-53)57-38-30-51(31-39-57)62-59-23-13-12-21-50(59)32-41-60(62)48-17-6-2-7-18-48/h1-43H. The van der Waals surface area contributed by atoms with Crippen LogP contribution in [0.15, 0.2) is 261 Å². The molecule has 11 rings (SSSR count). The van der Waals surface area contributed by atoms with Gasteiger partial charge in [-0.3, -0.25) is 0 Å². The van der Waals surface area contributed by atoms with Crippen LogP contribution in [0.4, 0.5) is 17.1 Å². The van der Waals surface area contributed by atoms with Crippen molar-refractivity contribution in [3.8, 4) is 66.8 Å². The van der Waals surface area contributed by atoms with Crippen molar-refractivity contribution in [2.24, 2.45) is 0 Å². The minimum Gasteiger partial charge on any atom is -0.311 e. The summed E-state index contributed by atoms with van der Waals surface area (Å²) in [5.41, 5.74) is 17.7. The van der Waals surface area contributed by atoms with Crippen LogP contribution in [-0.2, 0) is 0 Å². The van der Waals surface area contributed by atoms with Gasteiger partial charge in [-0.2, -0.15) is 0 Å². The number of nitrogens with zero attached hydrogens (tertiary/aromatic N) is 1. The van der Waals surface area contributed by atoms with E-state index in [1.807, 2.05) is 0 Å². The van der Waals surface area contributed by atoms with Gasteiger partial charge in [0.1, 0.15) is 0 Å². The molecule has 0 radical (unpaired) electrons. The number of benzene rings is 11. The average Bonchev–Trinajstić information content (AvgIpc) is 3.37. The number of anilines is 3. The molecule has 0 atom stereocenters. The number of hydrogen-bond acceptors (Lipinski definition) is 1. The van der Waals surface area contributed by atoms with Gasteiger partial charge in [0.25, 0.3) is 0 Å². The number of fused-ring (bicyclic) bond motifs is 2. The van der Waals surface area contributed by atoms with Crippen molar-refractivity contribution in [3.63, 3.8) is 0 Å². The van der Waals surface area contributed by atoms with E-state index >= 15 is 0 Å². The maximum atomic E-state index is 2.37. The van der Waals surface area contributed by atoms with E-state index < -0.39 is 0 Å². The summed E-state index contributed by atoms with van der Waals surface area (Å²) in [5.74, 6) is 0. The third kappa shape index (κ3) is 7.47. The van der Waals surface area contributed by atoms with Gasteiger partial charge in [-0.25, -0.2) is 0 Å². The van der Waals surface area contributed by atoms with E-state index in [9.17, 15) is 0 Å². The Kier molecular flexibility index (Phi) is 9.97. The van der Waals surface area contributed by atoms with Crippen LogP contribution in [0.3, 0.4) is 0 Å². The Bertz CT molecular complexity index is 3340. The van der Waals surface area contributed by atoms with Gasteiger partial charge in [0.15, 0.2) is 0 Å². The Balaban J connectivity index is 0.996. The summed E-state index contributed by atoms with van der Waals surface area (Å²) < 4.78 is 0. The molecule has 0 saturated heterocycles. The number of rotatable bonds is 9. The van der Waals surface area contributed by atoms with E-state index in [1.165, 1.54) is 88.3 Å². The summed E-state index contributed by atoms with van der Waals surface area (Å²) in [6.07, 6.45) is 0. The van der Waals surface area contributed by atoms with E-state index in [4.69, 9.17) is 0 Å². The summed E-state index contributed by atoms with van der Waals surface area (Å²) in [6.45, 7) is 0. The lowest BCUT2D eigenvalue weighted by Crippen LogP contribution is -2.09. The van der Waals surface area contributed by atoms with Crippen molar-refractivity contribution in [1.82, 2.24) is 0 Å². The fourth-order valence-corrected chi connectivity index (χ4v) is 9.09. The second-order valence-electron chi connectivity index (χ2n) is 16.1. The molecular formula is C62H43N. The predicted molar refractivity (Wildman–Crippen MR) is 269 cm³/mol. The van der Waals surface area contributed by atoms with Gasteiger partial charge in [0.2, 0.25) is 0 Å². The van der Waals surface area contributed by atoms with Crippen LogP contribution in [0.5, 0.6) is 0 Å². The molecule has 0 bridgehead atoms. The normalized spacial score (nSPS) is 11.2. The monoisotopic (exact) mass is 801 g/mol. The predicted octanol–water partition coefficient (Wildman–Crippen LogP) is 17.5. The molecule has 296 valence electrons. The van der Waals surface area contributed by atoms with Crippen LogP contribution < -0.4 is 4.90 Å². The minimum atomic E-state index is 1.09. The zero-order valence-corrected chi connectivity index (χ0v) is 34.8. The van der Waals surface area contributed by atoms with Crippen LogP contribution in [0.25, 0.3) is 88.3 Å². The van der Waals surface area contributed by atoms with Gasteiger partial charge in [0.05, 0.1) is 0 Å². The highest BCUT2D eigenvalue weighted by Gasteiger charge is 2.17. The van der Waals surface area contributed by atoms with Crippen molar-refractivity contribution in [2.75, 3.05) is 4.90 Å². The average molecular weight is 802 g/mol. The smallest absolute Gasteiger partial charge is 0.0462 e. The largest absolute Gasteiger partial charge is 0.311 e. The summed E-state index contributed by atoms with van der Waals surface area (Å²) >= 11 is 0. The van der Waals surface area contributed by atoms with E-state index in [1.54, 1.807) is 0 Å². The number of hydrogen-bond donors (Lipinski definition) is 0. The van der Waals surface area contributed by atoms with Gasteiger partial charge in [-0.1, -0.05) is 212 Å². The van der Waals surface area contributed by atoms with Gasteiger partial charge < -0.3 is 4.90 Å². The van der Waals surface area contributed by atoms with E-state index in [2.05, 4.69) is 266 Å². The fourth-order valence-electron chi connectivity index (χ4n) is 9.09. The molecule has 0 aliphatic carbocycles. The maximum absolute atomic E-state index is 2.37. The first-order valence-corrected chi connectivity index (χ1v) is 21.7. The van der Waals surface area contributed by atoms with Crippen LogP contribution in [-0.4, -0.2) is 0 Å². The van der Waals surface area contributed by atoms with Gasteiger partial charge >= 0.3 is 0 Å². The van der Waals surface area contributed by atoms with Crippen LogP contribution in [0.1, 0.15) is 0 Å². The highest BCUT2D eigenvalue weighted by molar-refractivity contribution is 6.04. The lowest BCUT2D eigenvalue weighted by atomic mass is 9.89. The molecule has 11 aromatic rings. The molecular weight excluding hydrogens is 759 g/mol. The highest BCUT2D eigenvalue weighted by Crippen LogP contribution is 2.42. The molecule has 0 aliphatic rings. The van der Waals surface area contributed by atoms with Crippen LogP contribution in [0, 0.1) is 0 Å². The molecule has 0 spiro atoms. The first-order valence-electron chi connectivity index (χ1n) is 21.7. The molecule has 0 unspecified atom stereocenters. The zero-order valence-electron chi connectivity index (χ0n) is 34.8. The summed E-state index contributed by atoms with van der Waals surface area (Å²) in [5, 5.41) is 4.97. The molecule has 0 saturated carbocycles. The molecule has 0 aromatic heterocycles. The first kappa shape index (κ1) is 37.7. The molecule has 11 aromatic carbocycles. The topological polar surface area (TPSA) is 3.24 Å². The van der Waals surface area contributed by atoms with Crippen molar-refractivity contribution < 1.29 is 0 Å². The molecule has 0 heterocycles. The molecule has 0 fully saturated rings. The van der Waals surface area contributed by atoms with Crippen molar-refractivity contribution in [3.05, 3.63) is 261 Å². The van der Waals surface area contributed by atoms with Crippen molar-refractivity contribution >= 4 is 38.6 Å². The van der Waals surface area contributed by atoms with E-state index in [0.717, 1.165) is 17.1 Å². The molecule has 63 heavy (non-hydrogen) atoms. The van der Waals surface area contributed by atoms with Crippen molar-refractivity contribution in [2.45, 2.75) is 0 Å². The lowest BCUT2D eigenvalue weighted by Gasteiger charge is -2.26. The lowest BCUT2D eigenvalue weighted by molar-refractivity contribution is 1.28. The third-order valence-corrected chi connectivity index (χ3v) is 12.3. The molecule has 0 aliphatic heterocycles. The van der Waals surface area contributed by atoms with Crippen LogP contribution >= 0.6 is 0 Å². The molecule has 0 amide bonds. The van der Waals surface area contributed by atoms with E-state index in [-0.39, 0.29) is 0 Å². The Morgan fingerprint density at radius 1 is 0.206 bits per heavy atom.